The number of ether oxygens (including phenoxy) is 1. The summed E-state index contributed by atoms with van der Waals surface area (Å²) >= 11 is 1.40. The monoisotopic (exact) mass is 494 g/mol. The molecule has 0 saturated carbocycles. The van der Waals surface area contributed by atoms with Gasteiger partial charge in [0.1, 0.15) is 0 Å². The van der Waals surface area contributed by atoms with Crippen LogP contribution in [0.15, 0.2) is 23.4 Å². The molecule has 2 aliphatic heterocycles. The molecule has 2 saturated heterocycles. The van der Waals surface area contributed by atoms with Crippen molar-refractivity contribution in [2.24, 2.45) is 0 Å². The Kier molecular flexibility index (Phi) is 7.30. The van der Waals surface area contributed by atoms with Crippen molar-refractivity contribution in [2.45, 2.75) is 38.0 Å². The lowest BCUT2D eigenvalue weighted by Gasteiger charge is -2.37. The molecule has 3 heterocycles. The first-order valence-electron chi connectivity index (χ1n) is 11.3. The number of thioether (sulfide) groups is 1. The van der Waals surface area contributed by atoms with E-state index in [-0.39, 0.29) is 35.2 Å². The van der Waals surface area contributed by atoms with Gasteiger partial charge in [-0.25, -0.2) is 18.2 Å². The SMILES string of the molecule is CCOC(=O)c1ccc2c(c1)nc(SCC(=O)N1CCN(C3CCS(=O)(=O)C3)CC1)n2CC. The fourth-order valence-corrected chi connectivity index (χ4v) is 7.23. The Morgan fingerprint density at radius 1 is 1.18 bits per heavy atom. The Labute approximate surface area is 198 Å². The number of imidazole rings is 1. The highest BCUT2D eigenvalue weighted by Gasteiger charge is 2.34. The molecule has 1 aromatic carbocycles. The highest BCUT2D eigenvalue weighted by Crippen LogP contribution is 2.26. The summed E-state index contributed by atoms with van der Waals surface area (Å²) in [6.45, 7) is 7.46. The van der Waals surface area contributed by atoms with Crippen LogP contribution in [0, 0.1) is 0 Å². The minimum atomic E-state index is -2.90. The average Bonchev–Trinajstić information content (AvgIpc) is 3.36. The molecule has 1 unspecified atom stereocenters. The summed E-state index contributed by atoms with van der Waals surface area (Å²) in [4.78, 5) is 33.6. The lowest BCUT2D eigenvalue weighted by atomic mass is 10.2. The van der Waals surface area contributed by atoms with E-state index in [9.17, 15) is 18.0 Å². The second kappa shape index (κ2) is 10.0. The molecule has 0 aliphatic carbocycles. The lowest BCUT2D eigenvalue weighted by Crippen LogP contribution is -2.52. The van der Waals surface area contributed by atoms with Gasteiger partial charge in [-0.2, -0.15) is 0 Å². The van der Waals surface area contributed by atoms with Crippen LogP contribution in [0.25, 0.3) is 11.0 Å². The van der Waals surface area contributed by atoms with Crippen LogP contribution in [0.3, 0.4) is 0 Å². The number of nitrogens with zero attached hydrogens (tertiary/aromatic N) is 4. The first kappa shape index (κ1) is 24.0. The first-order valence-corrected chi connectivity index (χ1v) is 14.1. The molecule has 180 valence electrons. The molecule has 1 aromatic heterocycles. The number of carbonyl (C=O) groups excluding carboxylic acids is 2. The first-order chi connectivity index (χ1) is 15.8. The van der Waals surface area contributed by atoms with E-state index in [4.69, 9.17) is 4.74 Å². The van der Waals surface area contributed by atoms with Gasteiger partial charge >= 0.3 is 5.97 Å². The Bertz CT molecular complexity index is 1140. The number of aromatic nitrogens is 2. The van der Waals surface area contributed by atoms with Crippen LogP contribution < -0.4 is 0 Å². The van der Waals surface area contributed by atoms with Gasteiger partial charge in [0.05, 0.1) is 40.5 Å². The lowest BCUT2D eigenvalue weighted by molar-refractivity contribution is -0.130. The summed E-state index contributed by atoms with van der Waals surface area (Å²) in [6.07, 6.45) is 0.692. The number of fused-ring (bicyclic) bond motifs is 1. The van der Waals surface area contributed by atoms with E-state index in [1.165, 1.54) is 11.8 Å². The fourth-order valence-electron chi connectivity index (χ4n) is 4.48. The molecular weight excluding hydrogens is 464 g/mol. The van der Waals surface area contributed by atoms with E-state index in [0.29, 0.717) is 56.8 Å². The van der Waals surface area contributed by atoms with E-state index in [1.807, 2.05) is 22.5 Å². The number of rotatable bonds is 7. The third-order valence-electron chi connectivity index (χ3n) is 6.26. The molecule has 0 N–H and O–H groups in total. The van der Waals surface area contributed by atoms with E-state index in [2.05, 4.69) is 9.88 Å². The van der Waals surface area contributed by atoms with Crippen molar-refractivity contribution in [1.82, 2.24) is 19.4 Å². The highest BCUT2D eigenvalue weighted by atomic mass is 32.2. The van der Waals surface area contributed by atoms with Crippen molar-refractivity contribution in [3.8, 4) is 0 Å². The normalized spacial score (nSPS) is 20.9. The van der Waals surface area contributed by atoms with Gasteiger partial charge in [0.25, 0.3) is 0 Å². The van der Waals surface area contributed by atoms with E-state index in [0.717, 1.165) is 10.7 Å². The highest BCUT2D eigenvalue weighted by molar-refractivity contribution is 7.99. The van der Waals surface area contributed by atoms with Gasteiger partial charge in [0.2, 0.25) is 5.91 Å². The average molecular weight is 495 g/mol. The predicted molar refractivity (Wildman–Crippen MR) is 127 cm³/mol. The van der Waals surface area contributed by atoms with Gasteiger partial charge < -0.3 is 14.2 Å². The van der Waals surface area contributed by atoms with E-state index in [1.54, 1.807) is 19.1 Å². The van der Waals surface area contributed by atoms with Crippen molar-refractivity contribution < 1.29 is 22.7 Å². The van der Waals surface area contributed by atoms with Gasteiger partial charge in [0.15, 0.2) is 15.0 Å². The summed E-state index contributed by atoms with van der Waals surface area (Å²) in [5.74, 6) is 0.478. The van der Waals surface area contributed by atoms with Crippen molar-refractivity contribution in [3.05, 3.63) is 23.8 Å². The third kappa shape index (κ3) is 5.36. The Morgan fingerprint density at radius 3 is 2.58 bits per heavy atom. The van der Waals surface area contributed by atoms with E-state index >= 15 is 0 Å². The van der Waals surface area contributed by atoms with Gasteiger partial charge in [0, 0.05) is 38.8 Å². The van der Waals surface area contributed by atoms with Crippen molar-refractivity contribution in [1.29, 1.82) is 0 Å². The molecule has 33 heavy (non-hydrogen) atoms. The van der Waals surface area contributed by atoms with Crippen LogP contribution in [-0.2, 0) is 25.9 Å². The Morgan fingerprint density at radius 2 is 1.94 bits per heavy atom. The molecule has 1 amide bonds. The minimum Gasteiger partial charge on any atom is -0.462 e. The topological polar surface area (TPSA) is 102 Å². The molecule has 9 nitrogen and oxygen atoms in total. The number of benzene rings is 1. The zero-order valence-electron chi connectivity index (χ0n) is 19.0. The summed E-state index contributed by atoms with van der Waals surface area (Å²) in [7, 11) is -2.90. The van der Waals surface area contributed by atoms with Gasteiger partial charge in [-0.3, -0.25) is 9.69 Å². The number of sulfone groups is 1. The molecule has 2 fully saturated rings. The number of carbonyl (C=O) groups is 2. The molecule has 1 atom stereocenters. The maximum Gasteiger partial charge on any atom is 0.338 e. The Hall–Kier alpha value is -2.11. The predicted octanol–water partition coefficient (Wildman–Crippen LogP) is 1.66. The van der Waals surface area contributed by atoms with Crippen LogP contribution >= 0.6 is 11.8 Å². The molecule has 4 rings (SSSR count). The van der Waals surface area contributed by atoms with Crippen LogP contribution in [0.1, 0.15) is 30.6 Å². The zero-order chi connectivity index (χ0) is 23.6. The van der Waals surface area contributed by atoms with Crippen molar-refractivity contribution >= 4 is 44.5 Å². The molecule has 11 heteroatoms. The van der Waals surface area contributed by atoms with Crippen LogP contribution in [-0.4, -0.2) is 95.7 Å². The molecule has 0 radical (unpaired) electrons. The standard InChI is InChI=1S/C22H30N4O5S2/c1-3-26-19-6-5-16(21(28)31-4-2)13-18(19)23-22(26)32-14-20(27)25-10-8-24(9-11-25)17-7-12-33(29,30)15-17/h5-6,13,17H,3-4,7-12,14-15H2,1-2H3. The van der Waals surface area contributed by atoms with Crippen LogP contribution in [0.4, 0.5) is 0 Å². The summed E-state index contributed by atoms with van der Waals surface area (Å²) in [5.41, 5.74) is 2.09. The van der Waals surface area contributed by atoms with Crippen LogP contribution in [0.2, 0.25) is 0 Å². The van der Waals surface area contributed by atoms with Crippen LogP contribution in [0.5, 0.6) is 0 Å². The maximum absolute atomic E-state index is 12.8. The largest absolute Gasteiger partial charge is 0.462 e. The molecule has 2 aromatic rings. The molecular formula is C22H30N4O5S2. The number of esters is 1. The van der Waals surface area contributed by atoms with E-state index < -0.39 is 9.84 Å². The molecule has 0 spiro atoms. The Balaban J connectivity index is 1.36. The minimum absolute atomic E-state index is 0.0561. The second-order valence-corrected chi connectivity index (χ2v) is 11.5. The number of amides is 1. The second-order valence-electron chi connectivity index (χ2n) is 8.32. The number of hydrogen-bond donors (Lipinski definition) is 0. The zero-order valence-corrected chi connectivity index (χ0v) is 20.7. The van der Waals surface area contributed by atoms with Gasteiger partial charge in [-0.05, 0) is 38.5 Å². The maximum atomic E-state index is 12.8. The van der Waals surface area contributed by atoms with Crippen molar-refractivity contribution in [2.75, 3.05) is 50.0 Å². The van der Waals surface area contributed by atoms with Crippen molar-refractivity contribution in [3.63, 3.8) is 0 Å². The summed E-state index contributed by atoms with van der Waals surface area (Å²) in [5, 5.41) is 0.747. The smallest absolute Gasteiger partial charge is 0.338 e. The number of piperazine rings is 1. The van der Waals surface area contributed by atoms with Gasteiger partial charge in [-0.15, -0.1) is 0 Å². The summed E-state index contributed by atoms with van der Waals surface area (Å²) in [6, 6.07) is 5.42. The quantitative estimate of drug-likeness (QED) is 0.423. The third-order valence-corrected chi connectivity index (χ3v) is 8.97. The number of hydrogen-bond acceptors (Lipinski definition) is 8. The van der Waals surface area contributed by atoms with Gasteiger partial charge in [-0.1, -0.05) is 11.8 Å². The molecule has 0 bridgehead atoms. The summed E-state index contributed by atoms with van der Waals surface area (Å²) < 4.78 is 30.6. The number of aryl methyl sites for hydroxylation is 1. The molecule has 2 aliphatic rings. The fraction of sp³-hybridized carbons (Fsp3) is 0.591.